The molecule has 11 heteroatoms. The molecule has 0 aliphatic rings. The lowest BCUT2D eigenvalue weighted by molar-refractivity contribution is 0.0635. The Labute approximate surface area is 277 Å². The maximum atomic E-state index is 14.0. The molecule has 3 aromatic carbocycles. The molecule has 0 saturated heterocycles. The molecule has 5 aromatic rings. The number of aromatic nitrogens is 3. The first kappa shape index (κ1) is 33.3. The number of benzene rings is 3. The molecule has 5 rings (SSSR count). The summed E-state index contributed by atoms with van der Waals surface area (Å²) in [4.78, 5) is 40.9. The molecule has 0 unspecified atom stereocenters. The van der Waals surface area contributed by atoms with Gasteiger partial charge in [0, 0.05) is 26.7 Å². The lowest BCUT2D eigenvalue weighted by atomic mass is 10.1. The third-order valence-corrected chi connectivity index (χ3v) is 8.08. The van der Waals surface area contributed by atoms with Gasteiger partial charge in [-0.15, -0.1) is 0 Å². The van der Waals surface area contributed by atoms with Crippen LogP contribution in [0.5, 0.6) is 0 Å². The summed E-state index contributed by atoms with van der Waals surface area (Å²) < 4.78 is 19.4. The highest BCUT2D eigenvalue weighted by Crippen LogP contribution is 2.37. The Kier molecular flexibility index (Phi) is 10.4. The predicted octanol–water partition coefficient (Wildman–Crippen LogP) is 8.83. The smallest absolute Gasteiger partial charge is 0.412 e. The Morgan fingerprint density at radius 3 is 2.36 bits per heavy atom. The summed E-state index contributed by atoms with van der Waals surface area (Å²) in [6, 6.07) is 24.7. The van der Waals surface area contributed by atoms with Crippen molar-refractivity contribution in [2.24, 2.45) is 0 Å². The van der Waals surface area contributed by atoms with Crippen molar-refractivity contribution in [1.29, 1.82) is 0 Å². The normalized spacial score (nSPS) is 12.1. The second kappa shape index (κ2) is 14.6. The Morgan fingerprint density at radius 1 is 0.936 bits per heavy atom. The second-order valence-electron chi connectivity index (χ2n) is 12.2. The number of nitrogens with zero attached hydrogens (tertiary/aromatic N) is 3. The molecule has 0 spiro atoms. The highest BCUT2D eigenvalue weighted by Gasteiger charge is 2.19. The third-order valence-electron chi connectivity index (χ3n) is 6.99. The first-order chi connectivity index (χ1) is 22.5. The number of pyridine rings is 1. The van der Waals surface area contributed by atoms with E-state index in [0.717, 1.165) is 20.9 Å². The Morgan fingerprint density at radius 2 is 1.68 bits per heavy atom. The summed E-state index contributed by atoms with van der Waals surface area (Å²) in [6.45, 7) is 8.81. The quantitative estimate of drug-likeness (QED) is 0.137. The molecule has 242 valence electrons. The van der Waals surface area contributed by atoms with E-state index < -0.39 is 30.3 Å². The van der Waals surface area contributed by atoms with Crippen molar-refractivity contribution in [2.75, 3.05) is 17.3 Å². The lowest BCUT2D eigenvalue weighted by Gasteiger charge is -2.19. The molecule has 0 saturated carbocycles. The van der Waals surface area contributed by atoms with Gasteiger partial charge in [-0.2, -0.15) is 0 Å². The van der Waals surface area contributed by atoms with Crippen LogP contribution in [0.15, 0.2) is 101 Å². The van der Waals surface area contributed by atoms with Gasteiger partial charge in [-0.1, -0.05) is 55.9 Å². The van der Waals surface area contributed by atoms with E-state index in [4.69, 9.17) is 9.72 Å². The molecule has 1 atom stereocenters. The highest BCUT2D eigenvalue weighted by molar-refractivity contribution is 7.99. The molecule has 2 aromatic heterocycles. The average Bonchev–Trinajstić information content (AvgIpc) is 3.04. The van der Waals surface area contributed by atoms with E-state index in [-0.39, 0.29) is 5.92 Å². The highest BCUT2D eigenvalue weighted by atomic mass is 32.2. The number of hydrogen-bond donors (Lipinski definition) is 3. The summed E-state index contributed by atoms with van der Waals surface area (Å²) in [5, 5.41) is 9.67. The van der Waals surface area contributed by atoms with Crippen LogP contribution in [0.1, 0.15) is 68.2 Å². The Balaban J connectivity index is 1.44. The maximum absolute atomic E-state index is 14.0. The van der Waals surface area contributed by atoms with E-state index >= 15 is 0 Å². The monoisotopic (exact) mass is 652 g/mol. The van der Waals surface area contributed by atoms with Crippen LogP contribution < -0.4 is 16.0 Å². The molecular formula is C36H37FN6O3S. The maximum Gasteiger partial charge on any atom is 0.412 e. The van der Waals surface area contributed by atoms with Gasteiger partial charge in [0.1, 0.15) is 24.4 Å². The van der Waals surface area contributed by atoms with Crippen molar-refractivity contribution in [3.05, 3.63) is 108 Å². The van der Waals surface area contributed by atoms with Gasteiger partial charge in [0.15, 0.2) is 5.65 Å². The predicted molar refractivity (Wildman–Crippen MR) is 184 cm³/mol. The number of nitrogens with one attached hydrogen (secondary N) is 3. The fraction of sp³-hybridized carbons (Fsp3) is 0.250. The number of amides is 2. The van der Waals surface area contributed by atoms with Gasteiger partial charge in [-0.3, -0.25) is 10.1 Å². The molecule has 0 fully saturated rings. The molecule has 9 nitrogen and oxygen atoms in total. The summed E-state index contributed by atoms with van der Waals surface area (Å²) in [7, 11) is 0. The van der Waals surface area contributed by atoms with Crippen molar-refractivity contribution in [2.45, 2.75) is 62.0 Å². The van der Waals surface area contributed by atoms with Crippen LogP contribution in [0, 0.1) is 0 Å². The molecule has 0 aliphatic heterocycles. The zero-order valence-corrected chi connectivity index (χ0v) is 27.7. The Bertz CT molecular complexity index is 1860. The number of fused-ring (bicyclic) bond motifs is 1. The molecule has 0 radical (unpaired) electrons. The van der Waals surface area contributed by atoms with Crippen LogP contribution in [0.3, 0.4) is 0 Å². The van der Waals surface area contributed by atoms with Crippen LogP contribution in [0.4, 0.5) is 26.4 Å². The van der Waals surface area contributed by atoms with E-state index in [1.165, 1.54) is 18.1 Å². The zero-order chi connectivity index (χ0) is 33.6. The topological polar surface area (TPSA) is 118 Å². The van der Waals surface area contributed by atoms with Gasteiger partial charge in [-0.25, -0.2) is 24.1 Å². The van der Waals surface area contributed by atoms with Gasteiger partial charge < -0.3 is 15.4 Å². The fourth-order valence-electron chi connectivity index (χ4n) is 4.66. The van der Waals surface area contributed by atoms with Crippen molar-refractivity contribution >= 4 is 52.0 Å². The molecular weight excluding hydrogens is 616 g/mol. The average molecular weight is 653 g/mol. The van der Waals surface area contributed by atoms with Crippen molar-refractivity contribution < 1.29 is 18.7 Å². The number of halogens is 1. The minimum Gasteiger partial charge on any atom is -0.444 e. The van der Waals surface area contributed by atoms with Gasteiger partial charge in [0.2, 0.25) is 0 Å². The number of carbonyl (C=O) groups excluding carboxylic acids is 2. The van der Waals surface area contributed by atoms with E-state index in [1.54, 1.807) is 57.2 Å². The van der Waals surface area contributed by atoms with Gasteiger partial charge >= 0.3 is 6.09 Å². The summed E-state index contributed by atoms with van der Waals surface area (Å²) >= 11 is 1.46. The summed E-state index contributed by atoms with van der Waals surface area (Å²) in [5.74, 6) is 0.350. The molecule has 0 bridgehead atoms. The first-order valence-electron chi connectivity index (χ1n) is 15.2. The summed E-state index contributed by atoms with van der Waals surface area (Å²) in [6.07, 6.45) is 0.917. The number of ether oxygens (including phenoxy) is 1. The summed E-state index contributed by atoms with van der Waals surface area (Å²) in [5.41, 5.74) is 3.10. The minimum absolute atomic E-state index is 0.235. The number of alkyl halides is 1. The second-order valence-corrected chi connectivity index (χ2v) is 13.3. The standard InChI is InChI=1S/C36H37FN6O3S/c1-22(2)28-17-16-27-32(41-28)38-21-39-33(27)42-29-19-24(34(44)43-30(20-37)23-9-7-6-8-10-23)11-18-31(29)47-26-14-12-25(13-15-26)40-35(45)46-36(3,4)5/h6-19,21-22,30H,20H2,1-5H3,(H,40,45)(H,43,44)(H,38,39,41,42)/t30-/m0/s1. The van der Waals surface area contributed by atoms with E-state index in [2.05, 4.69) is 39.8 Å². The van der Waals surface area contributed by atoms with Crippen molar-refractivity contribution in [1.82, 2.24) is 20.3 Å². The zero-order valence-electron chi connectivity index (χ0n) is 26.9. The molecule has 2 heterocycles. The molecule has 47 heavy (non-hydrogen) atoms. The fourth-order valence-corrected chi connectivity index (χ4v) is 5.54. The van der Waals surface area contributed by atoms with Crippen LogP contribution >= 0.6 is 11.8 Å². The van der Waals surface area contributed by atoms with E-state index in [9.17, 15) is 14.0 Å². The first-order valence-corrected chi connectivity index (χ1v) is 16.0. The largest absolute Gasteiger partial charge is 0.444 e. The van der Waals surface area contributed by atoms with E-state index in [0.29, 0.717) is 34.0 Å². The van der Waals surface area contributed by atoms with Crippen LogP contribution in [-0.2, 0) is 4.74 Å². The van der Waals surface area contributed by atoms with Gasteiger partial charge in [-0.05, 0) is 86.8 Å². The van der Waals surface area contributed by atoms with Crippen molar-refractivity contribution in [3.8, 4) is 0 Å². The number of hydrogen-bond acceptors (Lipinski definition) is 8. The lowest BCUT2D eigenvalue weighted by Crippen LogP contribution is -2.29. The van der Waals surface area contributed by atoms with Gasteiger partial charge in [0.25, 0.3) is 5.91 Å². The molecule has 0 aliphatic carbocycles. The minimum atomic E-state index is -0.783. The van der Waals surface area contributed by atoms with Crippen LogP contribution in [0.25, 0.3) is 11.0 Å². The van der Waals surface area contributed by atoms with Gasteiger partial charge in [0.05, 0.1) is 17.1 Å². The number of anilines is 3. The van der Waals surface area contributed by atoms with Crippen molar-refractivity contribution in [3.63, 3.8) is 0 Å². The van der Waals surface area contributed by atoms with E-state index in [1.807, 2.05) is 48.5 Å². The Hall–Kier alpha value is -5.03. The van der Waals surface area contributed by atoms with Crippen LogP contribution in [0.2, 0.25) is 0 Å². The third kappa shape index (κ3) is 8.82. The number of rotatable bonds is 10. The molecule has 2 amide bonds. The molecule has 3 N–H and O–H groups in total. The number of carbonyl (C=O) groups is 2. The SMILES string of the molecule is CC(C)c1ccc2c(Nc3cc(C(=O)N[C@@H](CF)c4ccccc4)ccc3Sc3ccc(NC(=O)OC(C)(C)C)cc3)ncnc2n1. The van der Waals surface area contributed by atoms with Crippen LogP contribution in [-0.4, -0.2) is 39.2 Å².